The van der Waals surface area contributed by atoms with Gasteiger partial charge in [-0.2, -0.15) is 0 Å². The average Bonchev–Trinajstić information content (AvgIpc) is 2.94. The molecule has 3 aromatic rings. The number of rotatable bonds is 5. The molecule has 0 unspecified atom stereocenters. The third-order valence-corrected chi connectivity index (χ3v) is 4.03. The summed E-state index contributed by atoms with van der Waals surface area (Å²) in [5.74, 6) is 0. The summed E-state index contributed by atoms with van der Waals surface area (Å²) in [6.45, 7) is 2.53. The third-order valence-electron chi connectivity index (χ3n) is 4.03. The van der Waals surface area contributed by atoms with Crippen LogP contribution >= 0.6 is 12.4 Å². The van der Waals surface area contributed by atoms with E-state index in [1.165, 1.54) is 0 Å². The van der Waals surface area contributed by atoms with Crippen LogP contribution in [-0.2, 0) is 0 Å². The first-order chi connectivity index (χ1) is 10.7. The van der Waals surface area contributed by atoms with Crippen LogP contribution in [0.5, 0.6) is 0 Å². The van der Waals surface area contributed by atoms with Crippen LogP contribution in [0.2, 0.25) is 0 Å². The van der Waals surface area contributed by atoms with Gasteiger partial charge in [-0.25, -0.2) is 0 Å². The third kappa shape index (κ3) is 3.39. The van der Waals surface area contributed by atoms with Crippen molar-refractivity contribution in [2.24, 2.45) is 0 Å². The molecule has 0 spiro atoms. The molecule has 0 fully saturated rings. The molecule has 0 saturated heterocycles. The molecule has 2 N–H and O–H groups in total. The number of hydrogen-bond acceptors (Lipinski definition) is 3. The predicted octanol–water partition coefficient (Wildman–Crippen LogP) is 2.94. The monoisotopic (exact) mass is 331 g/mol. The van der Waals surface area contributed by atoms with Crippen molar-refractivity contribution in [2.75, 3.05) is 13.6 Å². The van der Waals surface area contributed by atoms with Gasteiger partial charge >= 0.3 is 0 Å². The van der Waals surface area contributed by atoms with E-state index in [0.717, 1.165) is 22.2 Å². The molecule has 23 heavy (non-hydrogen) atoms. The number of pyridine rings is 1. The van der Waals surface area contributed by atoms with Gasteiger partial charge in [-0.3, -0.25) is 4.98 Å². The van der Waals surface area contributed by atoms with Crippen LogP contribution in [0, 0.1) is 6.92 Å². The fraction of sp³-hybridized carbons (Fsp3) is 0.278. The Hall–Kier alpha value is -1.88. The molecule has 2 aromatic heterocycles. The number of aliphatic hydroxyl groups excluding tert-OH is 1. The molecule has 4 nitrogen and oxygen atoms in total. The molecule has 0 bridgehead atoms. The first kappa shape index (κ1) is 17.5. The second-order valence-corrected chi connectivity index (χ2v) is 5.54. The van der Waals surface area contributed by atoms with Gasteiger partial charge in [0.1, 0.15) is 0 Å². The van der Waals surface area contributed by atoms with Crippen LogP contribution in [0.25, 0.3) is 10.9 Å². The SMILES string of the molecule is CNC[C@@H](O)[C@H](c1ccccc1)n1ccc2ccnc(C)c21.Cl. The summed E-state index contributed by atoms with van der Waals surface area (Å²) < 4.78 is 2.13. The number of aromatic nitrogens is 2. The summed E-state index contributed by atoms with van der Waals surface area (Å²) in [7, 11) is 1.85. The van der Waals surface area contributed by atoms with Gasteiger partial charge in [-0.05, 0) is 31.7 Å². The zero-order valence-corrected chi connectivity index (χ0v) is 14.1. The highest BCUT2D eigenvalue weighted by Gasteiger charge is 2.24. The minimum absolute atomic E-state index is 0. The lowest BCUT2D eigenvalue weighted by Gasteiger charge is -2.26. The summed E-state index contributed by atoms with van der Waals surface area (Å²) >= 11 is 0. The Kier molecular flexibility index (Phi) is 5.77. The van der Waals surface area contributed by atoms with E-state index in [4.69, 9.17) is 0 Å². The molecule has 0 amide bonds. The molecule has 0 saturated carbocycles. The maximum atomic E-state index is 10.7. The van der Waals surface area contributed by atoms with Gasteiger partial charge in [0, 0.05) is 24.3 Å². The lowest BCUT2D eigenvalue weighted by atomic mass is 10.0. The Labute approximate surface area is 142 Å². The van der Waals surface area contributed by atoms with E-state index in [-0.39, 0.29) is 18.4 Å². The van der Waals surface area contributed by atoms with Crippen molar-refractivity contribution in [2.45, 2.75) is 19.1 Å². The maximum Gasteiger partial charge on any atom is 0.0912 e. The van der Waals surface area contributed by atoms with E-state index in [1.54, 1.807) is 0 Å². The largest absolute Gasteiger partial charge is 0.389 e. The van der Waals surface area contributed by atoms with Crippen LogP contribution in [-0.4, -0.2) is 34.4 Å². The van der Waals surface area contributed by atoms with Gasteiger partial charge in [-0.1, -0.05) is 30.3 Å². The molecule has 2 heterocycles. The van der Waals surface area contributed by atoms with E-state index in [0.29, 0.717) is 6.54 Å². The standard InChI is InChI=1S/C18H21N3O.ClH/c1-13-17-15(8-10-20-13)9-11-21(17)18(16(22)12-19-2)14-6-4-3-5-7-14;/h3-11,16,18-19,22H,12H2,1-2H3;1H/t16-,18+;/m1./s1. The molecule has 0 aliphatic rings. The highest BCUT2D eigenvalue weighted by molar-refractivity contribution is 5.85. The number of likely N-dealkylation sites (N-methyl/N-ethyl adjacent to an activating group) is 1. The van der Waals surface area contributed by atoms with Crippen molar-refractivity contribution in [3.8, 4) is 0 Å². The number of nitrogens with one attached hydrogen (secondary N) is 1. The number of aryl methyl sites for hydroxylation is 1. The zero-order chi connectivity index (χ0) is 15.5. The number of aliphatic hydroxyl groups is 1. The van der Waals surface area contributed by atoms with E-state index in [1.807, 2.05) is 50.6 Å². The number of benzene rings is 1. The van der Waals surface area contributed by atoms with Crippen molar-refractivity contribution >= 4 is 23.3 Å². The summed E-state index contributed by atoms with van der Waals surface area (Å²) in [6.07, 6.45) is 3.34. The van der Waals surface area contributed by atoms with Gasteiger partial charge < -0.3 is 15.0 Å². The summed E-state index contributed by atoms with van der Waals surface area (Å²) in [4.78, 5) is 4.40. The number of nitrogens with zero attached hydrogens (tertiary/aromatic N) is 2. The highest BCUT2D eigenvalue weighted by atomic mass is 35.5. The number of fused-ring (bicyclic) bond motifs is 1. The smallest absolute Gasteiger partial charge is 0.0912 e. The van der Waals surface area contributed by atoms with Gasteiger partial charge in [-0.15, -0.1) is 12.4 Å². The summed E-state index contributed by atoms with van der Waals surface area (Å²) in [5, 5.41) is 14.9. The molecule has 1 aromatic carbocycles. The van der Waals surface area contributed by atoms with Crippen molar-refractivity contribution < 1.29 is 5.11 Å². The summed E-state index contributed by atoms with van der Waals surface area (Å²) in [6, 6.07) is 14.1. The highest BCUT2D eigenvalue weighted by Crippen LogP contribution is 2.28. The molecule has 3 rings (SSSR count). The van der Waals surface area contributed by atoms with Gasteiger partial charge in [0.25, 0.3) is 0 Å². The van der Waals surface area contributed by atoms with E-state index in [9.17, 15) is 5.11 Å². The molecule has 0 aliphatic carbocycles. The van der Waals surface area contributed by atoms with Gasteiger partial charge in [0.15, 0.2) is 0 Å². The second kappa shape index (κ2) is 7.59. The van der Waals surface area contributed by atoms with E-state index in [2.05, 4.69) is 33.1 Å². The number of hydrogen-bond donors (Lipinski definition) is 2. The fourth-order valence-electron chi connectivity index (χ4n) is 3.05. The summed E-state index contributed by atoms with van der Waals surface area (Å²) in [5.41, 5.74) is 3.14. The average molecular weight is 332 g/mol. The van der Waals surface area contributed by atoms with E-state index < -0.39 is 6.10 Å². The van der Waals surface area contributed by atoms with Gasteiger partial charge in [0.2, 0.25) is 0 Å². The van der Waals surface area contributed by atoms with Crippen molar-refractivity contribution in [3.05, 3.63) is 66.1 Å². The molecule has 0 radical (unpaired) electrons. The quantitative estimate of drug-likeness (QED) is 0.755. The maximum absolute atomic E-state index is 10.7. The van der Waals surface area contributed by atoms with Crippen LogP contribution < -0.4 is 5.32 Å². The van der Waals surface area contributed by atoms with Crippen LogP contribution in [0.3, 0.4) is 0 Å². The molecule has 5 heteroatoms. The van der Waals surface area contributed by atoms with Crippen LogP contribution in [0.4, 0.5) is 0 Å². The fourth-order valence-corrected chi connectivity index (χ4v) is 3.05. The molecule has 122 valence electrons. The lowest BCUT2D eigenvalue weighted by molar-refractivity contribution is 0.132. The Bertz CT molecular complexity index is 757. The molecule has 0 aliphatic heterocycles. The topological polar surface area (TPSA) is 50.1 Å². The van der Waals surface area contributed by atoms with Gasteiger partial charge in [0.05, 0.1) is 23.4 Å². The Morgan fingerprint density at radius 1 is 1.17 bits per heavy atom. The zero-order valence-electron chi connectivity index (χ0n) is 13.3. The van der Waals surface area contributed by atoms with E-state index >= 15 is 0 Å². The molecule has 2 atom stereocenters. The van der Waals surface area contributed by atoms with Crippen LogP contribution in [0.15, 0.2) is 54.9 Å². The predicted molar refractivity (Wildman–Crippen MR) is 96.2 cm³/mol. The van der Waals surface area contributed by atoms with Crippen molar-refractivity contribution in [1.29, 1.82) is 0 Å². The Morgan fingerprint density at radius 3 is 2.61 bits per heavy atom. The normalized spacial score (nSPS) is 13.5. The Balaban J connectivity index is 0.00000192. The number of halogens is 1. The second-order valence-electron chi connectivity index (χ2n) is 5.54. The first-order valence-electron chi connectivity index (χ1n) is 7.52. The Morgan fingerprint density at radius 2 is 1.91 bits per heavy atom. The van der Waals surface area contributed by atoms with Crippen molar-refractivity contribution in [1.82, 2.24) is 14.9 Å². The lowest BCUT2D eigenvalue weighted by Crippen LogP contribution is -2.33. The molecular weight excluding hydrogens is 310 g/mol. The van der Waals surface area contributed by atoms with Crippen molar-refractivity contribution in [3.63, 3.8) is 0 Å². The minimum atomic E-state index is -0.525. The molecular formula is C18H22ClN3O. The minimum Gasteiger partial charge on any atom is -0.389 e. The first-order valence-corrected chi connectivity index (χ1v) is 7.52. The van der Waals surface area contributed by atoms with Crippen LogP contribution in [0.1, 0.15) is 17.3 Å².